The van der Waals surface area contributed by atoms with Crippen molar-refractivity contribution in [3.8, 4) is 0 Å². The van der Waals surface area contributed by atoms with E-state index in [-0.39, 0.29) is 65.0 Å². The van der Waals surface area contributed by atoms with Gasteiger partial charge in [0.2, 0.25) is 5.91 Å². The van der Waals surface area contributed by atoms with Crippen molar-refractivity contribution in [2.75, 3.05) is 77.5 Å². The average Bonchev–Trinajstić information content (AvgIpc) is 3.10. The maximum absolute atomic E-state index is 12.8. The number of amides is 1. The minimum Gasteiger partial charge on any atom is -0.465 e. The molecule has 1 amide bonds. The van der Waals surface area contributed by atoms with Crippen LogP contribution >= 0.6 is 0 Å². The van der Waals surface area contributed by atoms with E-state index in [4.69, 9.17) is 19.2 Å². The van der Waals surface area contributed by atoms with Crippen LogP contribution in [-0.2, 0) is 33.4 Å². The van der Waals surface area contributed by atoms with E-state index in [1.165, 1.54) is 31.4 Å². The molecule has 12 nitrogen and oxygen atoms in total. The van der Waals surface area contributed by atoms with Crippen molar-refractivity contribution in [1.29, 1.82) is 0 Å². The molecule has 0 saturated heterocycles. The smallest absolute Gasteiger partial charge is 0.320 e. The highest BCUT2D eigenvalue weighted by atomic mass is 16.5. The summed E-state index contributed by atoms with van der Waals surface area (Å²) < 4.78 is 15.2. The van der Waals surface area contributed by atoms with Crippen LogP contribution in [0.2, 0.25) is 0 Å². The van der Waals surface area contributed by atoms with Crippen LogP contribution in [0.5, 0.6) is 0 Å². The zero-order valence-electron chi connectivity index (χ0n) is 30.8. The fraction of sp³-hybridized carbons (Fsp3) is 0.564. The Balaban J connectivity index is 1.31. The maximum Gasteiger partial charge on any atom is 0.320 e. The molecule has 0 unspecified atom stereocenters. The molecule has 1 heterocycles. The Morgan fingerprint density at radius 3 is 1.45 bits per heavy atom. The number of esters is 3. The fourth-order valence-electron chi connectivity index (χ4n) is 5.92. The first kappa shape index (κ1) is 41.1. The molecule has 3 aromatic rings. The number of para-hydroxylation sites is 2. The summed E-state index contributed by atoms with van der Waals surface area (Å²) >= 11 is 0. The third-order valence-electron chi connectivity index (χ3n) is 8.39. The first-order valence-corrected chi connectivity index (χ1v) is 18.5. The second kappa shape index (κ2) is 24.0. The van der Waals surface area contributed by atoms with E-state index >= 15 is 0 Å². The molecule has 2 N–H and O–H groups in total. The highest BCUT2D eigenvalue weighted by molar-refractivity contribution is 6.07. The van der Waals surface area contributed by atoms with Gasteiger partial charge in [-0.1, -0.05) is 74.9 Å². The predicted octanol–water partition coefficient (Wildman–Crippen LogP) is 5.33. The molecule has 1 aromatic heterocycles. The summed E-state index contributed by atoms with van der Waals surface area (Å²) in [4.78, 5) is 57.3. The Morgan fingerprint density at radius 2 is 0.980 bits per heavy atom. The van der Waals surface area contributed by atoms with Gasteiger partial charge in [-0.25, -0.2) is 4.98 Å². The lowest BCUT2D eigenvalue weighted by atomic mass is 10.1. The van der Waals surface area contributed by atoms with Gasteiger partial charge in [-0.05, 0) is 45.7 Å². The molecule has 0 aliphatic carbocycles. The molecule has 2 aromatic carbocycles. The van der Waals surface area contributed by atoms with Gasteiger partial charge in [0.25, 0.3) is 0 Å². The summed E-state index contributed by atoms with van der Waals surface area (Å²) in [6.45, 7) is 7.53. The third-order valence-corrected chi connectivity index (χ3v) is 8.39. The number of fused-ring (bicyclic) bond motifs is 2. The lowest BCUT2D eigenvalue weighted by molar-refractivity contribution is -0.149. The number of aromatic nitrogens is 1. The number of hydrogen-bond acceptors (Lipinski definition) is 11. The van der Waals surface area contributed by atoms with Gasteiger partial charge >= 0.3 is 17.9 Å². The lowest BCUT2D eigenvalue weighted by Crippen LogP contribution is -2.46. The molecular formula is C39H57N5O7. The summed E-state index contributed by atoms with van der Waals surface area (Å²) in [5.74, 6) is -1.56. The highest BCUT2D eigenvalue weighted by Crippen LogP contribution is 2.30. The van der Waals surface area contributed by atoms with E-state index in [2.05, 4.69) is 47.0 Å². The molecule has 0 saturated carbocycles. The molecule has 0 spiro atoms. The van der Waals surface area contributed by atoms with E-state index in [1.807, 2.05) is 12.1 Å². The number of nitrogens with zero attached hydrogens (tertiary/aromatic N) is 3. The Hall–Kier alpha value is -4.29. The van der Waals surface area contributed by atoms with Gasteiger partial charge in [0.1, 0.15) is 0 Å². The van der Waals surface area contributed by atoms with Crippen LogP contribution in [0.15, 0.2) is 48.5 Å². The number of carbonyl (C=O) groups excluding carboxylic acids is 4. The second-order valence-electron chi connectivity index (χ2n) is 12.5. The minimum absolute atomic E-state index is 0.00602. The Morgan fingerprint density at radius 1 is 0.569 bits per heavy atom. The van der Waals surface area contributed by atoms with E-state index < -0.39 is 17.9 Å². The first-order valence-electron chi connectivity index (χ1n) is 18.5. The van der Waals surface area contributed by atoms with Crippen LogP contribution in [0.4, 0.5) is 5.69 Å². The van der Waals surface area contributed by atoms with Crippen molar-refractivity contribution >= 4 is 51.3 Å². The lowest BCUT2D eigenvalue weighted by Gasteiger charge is -2.25. The third kappa shape index (κ3) is 15.6. The summed E-state index contributed by atoms with van der Waals surface area (Å²) in [6, 6.07) is 16.6. The van der Waals surface area contributed by atoms with E-state index in [9.17, 15) is 19.2 Å². The monoisotopic (exact) mass is 707 g/mol. The van der Waals surface area contributed by atoms with Crippen molar-refractivity contribution < 1.29 is 33.4 Å². The summed E-state index contributed by atoms with van der Waals surface area (Å²) in [6.07, 6.45) is 8.89. The van der Waals surface area contributed by atoms with Crippen molar-refractivity contribution in [1.82, 2.24) is 20.1 Å². The van der Waals surface area contributed by atoms with Crippen LogP contribution in [0.3, 0.4) is 0 Å². The van der Waals surface area contributed by atoms with Crippen LogP contribution < -0.4 is 10.6 Å². The van der Waals surface area contributed by atoms with Crippen molar-refractivity contribution in [2.45, 2.75) is 72.1 Å². The summed E-state index contributed by atoms with van der Waals surface area (Å²) in [5.41, 5.74) is 3.18. The zero-order chi connectivity index (χ0) is 36.7. The fourth-order valence-corrected chi connectivity index (χ4v) is 5.92. The van der Waals surface area contributed by atoms with E-state index in [0.717, 1.165) is 54.0 Å². The number of ether oxygens (including phenoxy) is 3. The topological polar surface area (TPSA) is 139 Å². The maximum atomic E-state index is 12.8. The second-order valence-corrected chi connectivity index (χ2v) is 12.5. The van der Waals surface area contributed by atoms with Gasteiger partial charge in [0.05, 0.1) is 62.7 Å². The van der Waals surface area contributed by atoms with Gasteiger partial charge in [-0.2, -0.15) is 0 Å². The Kier molecular flexibility index (Phi) is 19.4. The number of hydrogen-bond donors (Lipinski definition) is 2. The van der Waals surface area contributed by atoms with Crippen LogP contribution in [0.1, 0.15) is 72.1 Å². The molecule has 0 radical (unpaired) electrons. The number of benzene rings is 2. The number of unbranched alkanes of at least 4 members (excludes halogenated alkanes) is 7. The number of pyridine rings is 1. The summed E-state index contributed by atoms with van der Waals surface area (Å²) in [7, 11) is 0. The van der Waals surface area contributed by atoms with Gasteiger partial charge in [0, 0.05) is 37.0 Å². The molecule has 0 aliphatic heterocycles. The van der Waals surface area contributed by atoms with Crippen molar-refractivity contribution in [2.24, 2.45) is 0 Å². The van der Waals surface area contributed by atoms with E-state index in [0.29, 0.717) is 6.54 Å². The molecule has 280 valence electrons. The SMILES string of the molecule is CCOC(=O)CN(CCN(CC(=O)OCC)CC(=O)OCC)CC(=O)NCCCCCCCCCCNc1c2ccccc2nc2ccccc12. The number of rotatable bonds is 26. The molecule has 0 bridgehead atoms. The van der Waals surface area contributed by atoms with Crippen LogP contribution in [0.25, 0.3) is 21.8 Å². The van der Waals surface area contributed by atoms with Crippen molar-refractivity contribution in [3.63, 3.8) is 0 Å². The average molecular weight is 708 g/mol. The predicted molar refractivity (Wildman–Crippen MR) is 200 cm³/mol. The van der Waals surface area contributed by atoms with Gasteiger partial charge in [0.15, 0.2) is 0 Å². The highest BCUT2D eigenvalue weighted by Gasteiger charge is 2.20. The van der Waals surface area contributed by atoms with E-state index in [1.54, 1.807) is 30.6 Å². The normalized spacial score (nSPS) is 11.2. The quantitative estimate of drug-likeness (QED) is 0.0485. The molecular weight excluding hydrogens is 650 g/mol. The van der Waals surface area contributed by atoms with Gasteiger partial charge < -0.3 is 24.8 Å². The molecule has 0 aliphatic rings. The minimum atomic E-state index is -0.464. The van der Waals surface area contributed by atoms with Crippen LogP contribution in [0, 0.1) is 0 Å². The van der Waals surface area contributed by atoms with Crippen molar-refractivity contribution in [3.05, 3.63) is 48.5 Å². The Labute approximate surface area is 302 Å². The molecule has 3 rings (SSSR count). The summed E-state index contributed by atoms with van der Waals surface area (Å²) in [5, 5.41) is 8.96. The molecule has 0 fully saturated rings. The Bertz CT molecular complexity index is 1440. The van der Waals surface area contributed by atoms with Crippen LogP contribution in [-0.4, -0.2) is 111 Å². The molecule has 0 atom stereocenters. The first-order chi connectivity index (χ1) is 24.8. The zero-order valence-corrected chi connectivity index (χ0v) is 30.8. The largest absolute Gasteiger partial charge is 0.465 e. The van der Waals surface area contributed by atoms with Gasteiger partial charge in [-0.3, -0.25) is 29.0 Å². The van der Waals surface area contributed by atoms with Gasteiger partial charge in [-0.15, -0.1) is 0 Å². The molecule has 51 heavy (non-hydrogen) atoms. The number of anilines is 1. The standard InChI is InChI=1S/C39H57N5O7/c1-4-49-36(46)28-43(25-26-44(29-37(47)50-5-2)30-38(48)51-6-3)27-35(45)40-23-17-11-9-7-8-10-12-18-24-41-39-31-19-13-15-21-33(31)42-34-22-16-14-20-32(34)39/h13-16,19-22H,4-12,17-18,23-30H2,1-3H3,(H,40,45)(H,41,42). The number of nitrogens with one attached hydrogen (secondary N) is 2. The molecule has 12 heteroatoms. The number of carbonyl (C=O) groups is 4.